The van der Waals surface area contributed by atoms with Crippen LogP contribution in [0.25, 0.3) is 16.8 Å². The molecule has 0 radical (unpaired) electrons. The highest BCUT2D eigenvalue weighted by atomic mass is 79.9. The van der Waals surface area contributed by atoms with Crippen LogP contribution in [0.15, 0.2) is 88.2 Å². The molecule has 3 amide bonds. The highest BCUT2D eigenvalue weighted by Gasteiger charge is 2.35. The van der Waals surface area contributed by atoms with Crippen LogP contribution in [0.4, 0.5) is 10.5 Å². The summed E-state index contributed by atoms with van der Waals surface area (Å²) in [4.78, 5) is 39.7. The number of imide groups is 1. The van der Waals surface area contributed by atoms with E-state index in [0.717, 1.165) is 32.6 Å². The van der Waals surface area contributed by atoms with Crippen molar-refractivity contribution in [2.45, 2.75) is 6.54 Å². The van der Waals surface area contributed by atoms with Crippen molar-refractivity contribution in [2.24, 2.45) is 0 Å². The maximum Gasteiger partial charge on any atom is 0.293 e. The third-order valence-corrected chi connectivity index (χ3v) is 8.22. The number of nitrogens with one attached hydrogen (secondary N) is 1. The molecule has 0 aromatic heterocycles. The Balaban J connectivity index is 1.24. The van der Waals surface area contributed by atoms with Crippen molar-refractivity contribution in [3.05, 3.63) is 104 Å². The zero-order valence-corrected chi connectivity index (χ0v) is 24.3. The van der Waals surface area contributed by atoms with Crippen molar-refractivity contribution in [2.75, 3.05) is 19.0 Å². The lowest BCUT2D eigenvalue weighted by Gasteiger charge is -2.13. The topological polar surface area (TPSA) is 84.9 Å². The third kappa shape index (κ3) is 6.33. The lowest BCUT2D eigenvalue weighted by molar-refractivity contribution is -0.123. The number of anilines is 1. The predicted molar refractivity (Wildman–Crippen MR) is 162 cm³/mol. The number of hydrogen-bond acceptors (Lipinski definition) is 6. The van der Waals surface area contributed by atoms with Gasteiger partial charge in [-0.1, -0.05) is 54.1 Å². The van der Waals surface area contributed by atoms with Crippen molar-refractivity contribution in [1.82, 2.24) is 4.90 Å². The van der Waals surface area contributed by atoms with E-state index in [0.29, 0.717) is 32.7 Å². The summed E-state index contributed by atoms with van der Waals surface area (Å²) in [5, 5.41) is 5.01. The molecule has 0 saturated carbocycles. The summed E-state index contributed by atoms with van der Waals surface area (Å²) in [5.74, 6) is 0.00782. The smallest absolute Gasteiger partial charge is 0.293 e. The average molecular weight is 638 g/mol. The number of thioether (sulfide) groups is 1. The maximum absolute atomic E-state index is 13.1. The van der Waals surface area contributed by atoms with Crippen LogP contribution in [0.2, 0.25) is 5.02 Å². The number of rotatable bonds is 8. The second-order valence-corrected chi connectivity index (χ2v) is 11.1. The van der Waals surface area contributed by atoms with Gasteiger partial charge in [0.25, 0.3) is 17.1 Å². The van der Waals surface area contributed by atoms with E-state index in [1.165, 1.54) is 12.0 Å². The minimum absolute atomic E-state index is 0.192. The van der Waals surface area contributed by atoms with Gasteiger partial charge in [-0.3, -0.25) is 19.3 Å². The van der Waals surface area contributed by atoms with Gasteiger partial charge in [-0.05, 0) is 92.1 Å². The molecular weight excluding hydrogens is 616 g/mol. The van der Waals surface area contributed by atoms with Gasteiger partial charge in [-0.15, -0.1) is 0 Å². The molecule has 0 bridgehead atoms. The number of fused-ring (bicyclic) bond motifs is 1. The number of nitrogens with zero attached hydrogens (tertiary/aromatic N) is 1. The molecule has 0 spiro atoms. The predicted octanol–water partition coefficient (Wildman–Crippen LogP) is 7.52. The van der Waals surface area contributed by atoms with Gasteiger partial charge in [-0.25, -0.2) is 0 Å². The van der Waals surface area contributed by atoms with Gasteiger partial charge in [0, 0.05) is 10.2 Å². The Labute approximate surface area is 248 Å². The molecule has 1 fully saturated rings. The summed E-state index contributed by atoms with van der Waals surface area (Å²) in [6, 6.07) is 24.0. The van der Waals surface area contributed by atoms with E-state index in [9.17, 15) is 14.4 Å². The number of methoxy groups -OCH3 is 1. The van der Waals surface area contributed by atoms with Crippen LogP contribution in [0.3, 0.4) is 0 Å². The molecule has 1 saturated heterocycles. The first-order chi connectivity index (χ1) is 19.3. The second kappa shape index (κ2) is 12.2. The van der Waals surface area contributed by atoms with Crippen LogP contribution >= 0.6 is 39.3 Å². The van der Waals surface area contributed by atoms with Gasteiger partial charge in [-0.2, -0.15) is 0 Å². The Morgan fingerprint density at radius 3 is 2.58 bits per heavy atom. The fourth-order valence-electron chi connectivity index (χ4n) is 4.11. The number of carbonyl (C=O) groups excluding carboxylic acids is 3. The fraction of sp³-hybridized carbons (Fsp3) is 0.100. The molecule has 10 heteroatoms. The Morgan fingerprint density at radius 2 is 1.80 bits per heavy atom. The number of amides is 3. The first kappa shape index (κ1) is 27.8. The Morgan fingerprint density at radius 1 is 1.00 bits per heavy atom. The summed E-state index contributed by atoms with van der Waals surface area (Å²) >= 11 is 10.3. The lowest BCUT2D eigenvalue weighted by atomic mass is 10.1. The zero-order valence-electron chi connectivity index (χ0n) is 21.1. The molecule has 1 aliphatic rings. The summed E-state index contributed by atoms with van der Waals surface area (Å²) in [7, 11) is 1.48. The fourth-order valence-corrected chi connectivity index (χ4v) is 5.38. The standard InChI is InChI=1S/C30H22BrClN2O5S/c1-38-26-13-18(7-11-25(26)39-17-28(35)33-22-9-10-23(31)24(32)15-22)14-27-29(36)34(30(37)40-27)16-19-6-8-20-4-2-3-5-21(20)12-19/h2-15H,16-17H2,1H3,(H,33,35). The molecule has 202 valence electrons. The first-order valence-electron chi connectivity index (χ1n) is 12.1. The van der Waals surface area contributed by atoms with Gasteiger partial charge in [0.15, 0.2) is 18.1 Å². The molecule has 4 aromatic carbocycles. The van der Waals surface area contributed by atoms with Crippen molar-refractivity contribution in [1.29, 1.82) is 0 Å². The van der Waals surface area contributed by atoms with E-state index in [2.05, 4.69) is 21.2 Å². The molecule has 40 heavy (non-hydrogen) atoms. The van der Waals surface area contributed by atoms with E-state index >= 15 is 0 Å². The molecule has 0 aliphatic carbocycles. The van der Waals surface area contributed by atoms with Crippen LogP contribution < -0.4 is 14.8 Å². The van der Waals surface area contributed by atoms with Crippen LogP contribution in [0.5, 0.6) is 11.5 Å². The number of ether oxygens (including phenoxy) is 2. The monoisotopic (exact) mass is 636 g/mol. The van der Waals surface area contributed by atoms with Crippen molar-refractivity contribution in [3.63, 3.8) is 0 Å². The van der Waals surface area contributed by atoms with Crippen LogP contribution in [0.1, 0.15) is 11.1 Å². The lowest BCUT2D eigenvalue weighted by Crippen LogP contribution is -2.27. The highest BCUT2D eigenvalue weighted by Crippen LogP contribution is 2.35. The molecule has 1 aliphatic heterocycles. The van der Waals surface area contributed by atoms with Crippen molar-refractivity contribution < 1.29 is 23.9 Å². The highest BCUT2D eigenvalue weighted by molar-refractivity contribution is 9.10. The van der Waals surface area contributed by atoms with Crippen LogP contribution in [-0.4, -0.2) is 35.7 Å². The normalized spacial score (nSPS) is 14.2. The minimum Gasteiger partial charge on any atom is -0.493 e. The summed E-state index contributed by atoms with van der Waals surface area (Å²) < 4.78 is 11.8. The van der Waals surface area contributed by atoms with Gasteiger partial charge in [0.2, 0.25) is 0 Å². The SMILES string of the molecule is COc1cc(C=C2SC(=O)N(Cc3ccc4ccccc4c3)C2=O)ccc1OCC(=O)Nc1ccc(Br)c(Cl)c1. The number of carbonyl (C=O) groups is 3. The van der Waals surface area contributed by atoms with E-state index in [1.54, 1.807) is 42.5 Å². The van der Waals surface area contributed by atoms with Gasteiger partial charge in [0.05, 0.1) is 23.6 Å². The molecule has 0 atom stereocenters. The number of hydrogen-bond donors (Lipinski definition) is 1. The Kier molecular flexibility index (Phi) is 8.44. The molecule has 7 nitrogen and oxygen atoms in total. The van der Waals surface area contributed by atoms with E-state index in [-0.39, 0.29) is 30.2 Å². The van der Waals surface area contributed by atoms with E-state index in [1.807, 2.05) is 42.5 Å². The number of halogens is 2. The van der Waals surface area contributed by atoms with Gasteiger partial charge >= 0.3 is 0 Å². The van der Waals surface area contributed by atoms with E-state index in [4.69, 9.17) is 21.1 Å². The van der Waals surface area contributed by atoms with Gasteiger partial charge in [0.1, 0.15) is 0 Å². The summed E-state index contributed by atoms with van der Waals surface area (Å²) in [6.07, 6.45) is 1.64. The molecule has 1 heterocycles. The summed E-state index contributed by atoms with van der Waals surface area (Å²) in [6.45, 7) is -0.0610. The van der Waals surface area contributed by atoms with Crippen LogP contribution in [0, 0.1) is 0 Å². The maximum atomic E-state index is 13.1. The largest absolute Gasteiger partial charge is 0.493 e. The number of benzene rings is 4. The molecule has 0 unspecified atom stereocenters. The molecular formula is C30H22BrClN2O5S. The molecule has 4 aromatic rings. The zero-order chi connectivity index (χ0) is 28.2. The third-order valence-electron chi connectivity index (χ3n) is 6.08. The minimum atomic E-state index is -0.371. The summed E-state index contributed by atoms with van der Waals surface area (Å²) in [5.41, 5.74) is 2.06. The van der Waals surface area contributed by atoms with E-state index < -0.39 is 0 Å². The van der Waals surface area contributed by atoms with Gasteiger partial charge < -0.3 is 14.8 Å². The van der Waals surface area contributed by atoms with Crippen LogP contribution in [-0.2, 0) is 16.1 Å². The molecule has 1 N–H and O–H groups in total. The quantitative estimate of drug-likeness (QED) is 0.201. The first-order valence-corrected chi connectivity index (χ1v) is 14.1. The van der Waals surface area contributed by atoms with Crippen molar-refractivity contribution in [3.8, 4) is 11.5 Å². The Hall–Kier alpha value is -3.79. The molecule has 5 rings (SSSR count). The Bertz CT molecular complexity index is 1680. The van der Waals surface area contributed by atoms with Crippen molar-refractivity contribution >= 4 is 78.9 Å². The average Bonchev–Trinajstić information content (AvgIpc) is 3.21. The second-order valence-electron chi connectivity index (χ2n) is 8.83.